The Morgan fingerprint density at radius 2 is 2.04 bits per heavy atom. The van der Waals surface area contributed by atoms with Gasteiger partial charge < -0.3 is 5.32 Å². The monoisotopic (exact) mass is 371 g/mol. The van der Waals surface area contributed by atoms with Crippen molar-refractivity contribution in [2.75, 3.05) is 22.0 Å². The average Bonchev–Trinajstić information content (AvgIpc) is 3.00. The minimum Gasteiger partial charge on any atom is -0.326 e. The van der Waals surface area contributed by atoms with E-state index in [9.17, 15) is 13.2 Å². The molecule has 23 heavy (non-hydrogen) atoms. The number of hydrogen-bond acceptors (Lipinski definition) is 6. The van der Waals surface area contributed by atoms with Gasteiger partial charge in [0.2, 0.25) is 5.91 Å². The summed E-state index contributed by atoms with van der Waals surface area (Å²) in [6, 6.07) is 6.05. The minimum absolute atomic E-state index is 0.0735. The minimum atomic E-state index is -3.66. The Hall–Kier alpha value is -1.58. The number of anilines is 2. The number of carbonyl (C=O) groups excluding carboxylic acids is 1. The van der Waals surface area contributed by atoms with Gasteiger partial charge in [-0.1, -0.05) is 0 Å². The zero-order valence-corrected chi connectivity index (χ0v) is 14.9. The van der Waals surface area contributed by atoms with E-state index in [0.29, 0.717) is 17.2 Å². The highest BCUT2D eigenvalue weighted by Crippen LogP contribution is 2.19. The SMILES string of the molecule is CSCCCC(=O)Nc1ccc(S(=O)(=O)Nc2nccs2)cc1. The van der Waals surface area contributed by atoms with Crippen LogP contribution in [0, 0.1) is 0 Å². The third-order valence-electron chi connectivity index (χ3n) is 2.85. The molecule has 0 saturated heterocycles. The number of nitrogens with one attached hydrogen (secondary N) is 2. The van der Waals surface area contributed by atoms with Crippen molar-refractivity contribution in [1.29, 1.82) is 0 Å². The summed E-state index contributed by atoms with van der Waals surface area (Å²) in [5, 5.41) is 4.76. The van der Waals surface area contributed by atoms with Crippen LogP contribution >= 0.6 is 23.1 Å². The molecule has 124 valence electrons. The van der Waals surface area contributed by atoms with Crippen LogP contribution in [0.4, 0.5) is 10.8 Å². The van der Waals surface area contributed by atoms with E-state index in [4.69, 9.17) is 0 Å². The lowest BCUT2D eigenvalue weighted by molar-refractivity contribution is -0.116. The summed E-state index contributed by atoms with van der Waals surface area (Å²) in [7, 11) is -3.66. The second-order valence-electron chi connectivity index (χ2n) is 4.61. The highest BCUT2D eigenvalue weighted by molar-refractivity contribution is 7.98. The van der Waals surface area contributed by atoms with Gasteiger partial charge >= 0.3 is 0 Å². The van der Waals surface area contributed by atoms with Crippen molar-refractivity contribution in [2.45, 2.75) is 17.7 Å². The second-order valence-corrected chi connectivity index (χ2v) is 8.17. The summed E-state index contributed by atoms with van der Waals surface area (Å²) in [5.74, 6) is 0.864. The Kier molecular flexibility index (Phi) is 6.43. The van der Waals surface area contributed by atoms with E-state index in [1.165, 1.54) is 29.7 Å². The van der Waals surface area contributed by atoms with Crippen molar-refractivity contribution in [1.82, 2.24) is 4.98 Å². The van der Waals surface area contributed by atoms with E-state index in [-0.39, 0.29) is 10.8 Å². The van der Waals surface area contributed by atoms with Crippen LogP contribution < -0.4 is 10.0 Å². The number of benzene rings is 1. The number of nitrogens with zero attached hydrogens (tertiary/aromatic N) is 1. The maximum atomic E-state index is 12.2. The van der Waals surface area contributed by atoms with E-state index < -0.39 is 10.0 Å². The van der Waals surface area contributed by atoms with Gasteiger partial charge in [0, 0.05) is 23.7 Å². The molecule has 0 fully saturated rings. The lowest BCUT2D eigenvalue weighted by atomic mass is 10.3. The number of rotatable bonds is 8. The lowest BCUT2D eigenvalue weighted by Crippen LogP contribution is -2.14. The Morgan fingerprint density at radius 1 is 1.30 bits per heavy atom. The maximum absolute atomic E-state index is 12.2. The summed E-state index contributed by atoms with van der Waals surface area (Å²) < 4.78 is 26.7. The maximum Gasteiger partial charge on any atom is 0.263 e. The predicted octanol–water partition coefficient (Wildman–Crippen LogP) is 3.03. The molecule has 0 aliphatic heterocycles. The van der Waals surface area contributed by atoms with Crippen molar-refractivity contribution in [3.8, 4) is 0 Å². The van der Waals surface area contributed by atoms with Gasteiger partial charge in [-0.3, -0.25) is 9.52 Å². The predicted molar refractivity (Wildman–Crippen MR) is 95.6 cm³/mol. The quantitative estimate of drug-likeness (QED) is 0.696. The fraction of sp³-hybridized carbons (Fsp3) is 0.286. The van der Waals surface area contributed by atoms with Gasteiger partial charge in [-0.2, -0.15) is 11.8 Å². The van der Waals surface area contributed by atoms with E-state index in [1.54, 1.807) is 29.3 Å². The van der Waals surface area contributed by atoms with Gasteiger partial charge in [0.15, 0.2) is 5.13 Å². The molecule has 2 rings (SSSR count). The first-order chi connectivity index (χ1) is 11.0. The van der Waals surface area contributed by atoms with Crippen LogP contribution in [-0.4, -0.2) is 31.3 Å². The Balaban J connectivity index is 1.97. The molecule has 1 heterocycles. The van der Waals surface area contributed by atoms with Crippen LogP contribution in [0.1, 0.15) is 12.8 Å². The van der Waals surface area contributed by atoms with Crippen LogP contribution in [0.5, 0.6) is 0 Å². The first-order valence-corrected chi connectivity index (χ1v) is 10.6. The number of hydrogen-bond donors (Lipinski definition) is 2. The molecule has 0 aliphatic carbocycles. The summed E-state index contributed by atoms with van der Waals surface area (Å²) in [5.41, 5.74) is 0.576. The molecule has 0 spiro atoms. The molecule has 6 nitrogen and oxygen atoms in total. The lowest BCUT2D eigenvalue weighted by Gasteiger charge is -2.08. The van der Waals surface area contributed by atoms with Gasteiger partial charge in [-0.05, 0) is 42.7 Å². The molecule has 0 saturated carbocycles. The molecule has 0 radical (unpaired) electrons. The molecule has 0 unspecified atom stereocenters. The largest absolute Gasteiger partial charge is 0.326 e. The fourth-order valence-electron chi connectivity index (χ4n) is 1.77. The van der Waals surface area contributed by atoms with E-state index in [0.717, 1.165) is 12.2 Å². The Labute approximate surface area is 143 Å². The molecule has 2 aromatic rings. The summed E-state index contributed by atoms with van der Waals surface area (Å²) >= 11 is 2.90. The van der Waals surface area contributed by atoms with Gasteiger partial charge in [0.1, 0.15) is 0 Å². The van der Waals surface area contributed by atoms with Crippen LogP contribution in [-0.2, 0) is 14.8 Å². The number of sulfonamides is 1. The molecule has 0 atom stereocenters. The number of thioether (sulfide) groups is 1. The van der Waals surface area contributed by atoms with Crippen molar-refractivity contribution in [3.05, 3.63) is 35.8 Å². The van der Waals surface area contributed by atoms with Crippen molar-refractivity contribution < 1.29 is 13.2 Å². The fourth-order valence-corrected chi connectivity index (χ4v) is 3.99. The average molecular weight is 372 g/mol. The summed E-state index contributed by atoms with van der Waals surface area (Å²) in [4.78, 5) is 15.7. The Bertz CT molecular complexity index is 728. The first kappa shape index (κ1) is 17.8. The molecule has 0 bridgehead atoms. The third kappa shape index (κ3) is 5.52. The molecular formula is C14H17N3O3S3. The molecule has 1 aromatic carbocycles. The number of amides is 1. The molecular weight excluding hydrogens is 354 g/mol. The van der Waals surface area contributed by atoms with Crippen molar-refractivity contribution >= 4 is 49.8 Å². The summed E-state index contributed by atoms with van der Waals surface area (Å²) in [6.45, 7) is 0. The van der Waals surface area contributed by atoms with E-state index in [1.807, 2.05) is 6.26 Å². The standard InChI is InChI=1S/C14H17N3O3S3/c1-21-9-2-3-13(18)16-11-4-6-12(7-5-11)23(19,20)17-14-15-8-10-22-14/h4-8,10H,2-3,9H2,1H3,(H,15,17)(H,16,18). The Morgan fingerprint density at radius 3 is 2.65 bits per heavy atom. The van der Waals surface area contributed by atoms with Crippen LogP contribution in [0.2, 0.25) is 0 Å². The first-order valence-electron chi connectivity index (χ1n) is 6.82. The van der Waals surface area contributed by atoms with Gasteiger partial charge in [-0.25, -0.2) is 13.4 Å². The van der Waals surface area contributed by atoms with Gasteiger partial charge in [0.05, 0.1) is 4.90 Å². The van der Waals surface area contributed by atoms with Crippen LogP contribution in [0.25, 0.3) is 0 Å². The normalized spacial score (nSPS) is 11.2. The highest BCUT2D eigenvalue weighted by atomic mass is 32.2. The van der Waals surface area contributed by atoms with Gasteiger partial charge in [0.25, 0.3) is 10.0 Å². The van der Waals surface area contributed by atoms with Crippen molar-refractivity contribution in [3.63, 3.8) is 0 Å². The zero-order chi connectivity index (χ0) is 16.7. The van der Waals surface area contributed by atoms with E-state index in [2.05, 4.69) is 15.0 Å². The molecule has 1 amide bonds. The smallest absolute Gasteiger partial charge is 0.263 e. The zero-order valence-electron chi connectivity index (χ0n) is 12.5. The van der Waals surface area contributed by atoms with E-state index >= 15 is 0 Å². The molecule has 1 aromatic heterocycles. The highest BCUT2D eigenvalue weighted by Gasteiger charge is 2.15. The van der Waals surface area contributed by atoms with Crippen LogP contribution in [0.3, 0.4) is 0 Å². The number of aromatic nitrogens is 1. The van der Waals surface area contributed by atoms with Gasteiger partial charge in [-0.15, -0.1) is 11.3 Å². The summed E-state index contributed by atoms with van der Waals surface area (Å²) in [6.07, 6.45) is 4.79. The second kappa shape index (κ2) is 8.32. The number of carbonyl (C=O) groups is 1. The third-order valence-corrected chi connectivity index (χ3v) is 5.72. The molecule has 2 N–H and O–H groups in total. The van der Waals surface area contributed by atoms with Crippen LogP contribution in [0.15, 0.2) is 40.7 Å². The molecule has 9 heteroatoms. The van der Waals surface area contributed by atoms with Crippen molar-refractivity contribution in [2.24, 2.45) is 0 Å². The number of thiazole rings is 1. The topological polar surface area (TPSA) is 88.2 Å². The molecule has 0 aliphatic rings.